The molecule has 5 atom stereocenters. The Bertz CT molecular complexity index is 312. The molecule has 0 spiro atoms. The third-order valence-corrected chi connectivity index (χ3v) is 2.66. The van der Waals surface area contributed by atoms with Gasteiger partial charge in [0.25, 0.3) is 0 Å². The fourth-order valence-corrected chi connectivity index (χ4v) is 1.64. The number of aliphatic hydroxyl groups is 4. The molecule has 1 aliphatic heterocycles. The molecule has 6 N–H and O–H groups in total. The first-order valence-corrected chi connectivity index (χ1v) is 6.03. The standard InChI is InChI=1S/C7H13O8P/c8-4-3(1-2-16(12,13)14)15-7(11)6(10)5(4)9/h1-11H,(H2,12,13,14)/b2-1-/t3-,4-,5+,6-,7-/m1/s1. The molecule has 0 aromatic carbocycles. The highest BCUT2D eigenvalue weighted by Gasteiger charge is 2.42. The van der Waals surface area contributed by atoms with Gasteiger partial charge in [-0.15, -0.1) is 0 Å². The van der Waals surface area contributed by atoms with Crippen LogP contribution in [0.25, 0.3) is 0 Å². The van der Waals surface area contributed by atoms with Crippen LogP contribution >= 0.6 is 7.60 Å². The second kappa shape index (κ2) is 4.91. The Morgan fingerprint density at radius 3 is 2.06 bits per heavy atom. The van der Waals surface area contributed by atoms with E-state index in [0.29, 0.717) is 5.82 Å². The highest BCUT2D eigenvalue weighted by molar-refractivity contribution is 7.55. The van der Waals surface area contributed by atoms with Crippen LogP contribution in [0.3, 0.4) is 0 Å². The van der Waals surface area contributed by atoms with Gasteiger partial charge in [0.15, 0.2) is 6.29 Å². The molecule has 0 radical (unpaired) electrons. The zero-order chi connectivity index (χ0) is 12.5. The van der Waals surface area contributed by atoms with Gasteiger partial charge in [0.1, 0.15) is 24.4 Å². The van der Waals surface area contributed by atoms with Crippen LogP contribution in [0.5, 0.6) is 0 Å². The average molecular weight is 256 g/mol. The zero-order valence-electron chi connectivity index (χ0n) is 7.99. The maximum absolute atomic E-state index is 10.5. The monoisotopic (exact) mass is 256 g/mol. The lowest BCUT2D eigenvalue weighted by molar-refractivity contribution is -0.271. The predicted octanol–water partition coefficient (Wildman–Crippen LogP) is -2.52. The van der Waals surface area contributed by atoms with Crippen molar-refractivity contribution in [2.75, 3.05) is 0 Å². The lowest BCUT2D eigenvalue weighted by atomic mass is 9.99. The van der Waals surface area contributed by atoms with Crippen LogP contribution in [0.2, 0.25) is 0 Å². The van der Waals surface area contributed by atoms with Crippen LogP contribution in [0.4, 0.5) is 0 Å². The van der Waals surface area contributed by atoms with Crippen molar-refractivity contribution in [3.63, 3.8) is 0 Å². The minimum absolute atomic E-state index is 0.484. The lowest BCUT2D eigenvalue weighted by Crippen LogP contribution is -2.56. The van der Waals surface area contributed by atoms with Crippen LogP contribution in [0.1, 0.15) is 0 Å². The summed E-state index contributed by atoms with van der Waals surface area (Å²) >= 11 is 0. The number of aliphatic hydroxyl groups excluding tert-OH is 4. The second-order valence-corrected chi connectivity index (χ2v) is 4.87. The summed E-state index contributed by atoms with van der Waals surface area (Å²) in [5.41, 5.74) is 0. The van der Waals surface area contributed by atoms with Gasteiger partial charge in [-0.25, -0.2) is 0 Å². The summed E-state index contributed by atoms with van der Waals surface area (Å²) in [7, 11) is -4.41. The molecule has 1 heterocycles. The van der Waals surface area contributed by atoms with Crippen LogP contribution in [-0.4, -0.2) is 60.9 Å². The van der Waals surface area contributed by atoms with Gasteiger partial charge in [0, 0.05) is 5.82 Å². The van der Waals surface area contributed by atoms with Crippen LogP contribution < -0.4 is 0 Å². The lowest BCUT2D eigenvalue weighted by Gasteiger charge is -2.37. The molecular formula is C7H13O8P. The van der Waals surface area contributed by atoms with E-state index >= 15 is 0 Å². The van der Waals surface area contributed by atoms with Gasteiger partial charge in [0.05, 0.1) is 0 Å². The Balaban J connectivity index is 2.75. The molecule has 94 valence electrons. The molecule has 0 bridgehead atoms. The van der Waals surface area contributed by atoms with Crippen LogP contribution in [0.15, 0.2) is 11.9 Å². The topological polar surface area (TPSA) is 148 Å². The molecule has 0 aromatic heterocycles. The summed E-state index contributed by atoms with van der Waals surface area (Å²) in [6.45, 7) is 0. The molecule has 1 aliphatic rings. The van der Waals surface area contributed by atoms with Gasteiger partial charge in [0.2, 0.25) is 0 Å². The van der Waals surface area contributed by atoms with Gasteiger partial charge >= 0.3 is 7.60 Å². The van der Waals surface area contributed by atoms with E-state index in [2.05, 4.69) is 4.74 Å². The first-order valence-electron chi connectivity index (χ1n) is 4.34. The van der Waals surface area contributed by atoms with E-state index in [1.807, 2.05) is 0 Å². The van der Waals surface area contributed by atoms with Crippen molar-refractivity contribution in [1.29, 1.82) is 0 Å². The van der Waals surface area contributed by atoms with Gasteiger partial charge < -0.3 is 34.9 Å². The molecule has 8 nitrogen and oxygen atoms in total. The van der Waals surface area contributed by atoms with Crippen molar-refractivity contribution in [3.05, 3.63) is 11.9 Å². The summed E-state index contributed by atoms with van der Waals surface area (Å²) in [5, 5.41) is 36.8. The minimum atomic E-state index is -4.41. The largest absolute Gasteiger partial charge is 0.387 e. The maximum Gasteiger partial charge on any atom is 0.348 e. The average Bonchev–Trinajstić information content (AvgIpc) is 2.17. The van der Waals surface area contributed by atoms with Gasteiger partial charge in [-0.2, -0.15) is 0 Å². The SMILES string of the molecule is O=P(O)(O)/C=C\[C@H]1O[C@@H](O)[C@H](O)[C@@H](O)[C@@H]1O. The van der Waals surface area contributed by atoms with Gasteiger partial charge in [-0.3, -0.25) is 4.57 Å². The van der Waals surface area contributed by atoms with Crippen LogP contribution in [0, 0.1) is 0 Å². The Kier molecular flexibility index (Phi) is 4.22. The molecule has 16 heavy (non-hydrogen) atoms. The maximum atomic E-state index is 10.5. The Labute approximate surface area is 90.6 Å². The number of ether oxygens (including phenoxy) is 1. The van der Waals surface area contributed by atoms with E-state index < -0.39 is 38.3 Å². The molecule has 1 saturated heterocycles. The van der Waals surface area contributed by atoms with E-state index in [1.165, 1.54) is 0 Å². The molecule has 0 saturated carbocycles. The normalized spacial score (nSPS) is 41.5. The Morgan fingerprint density at radius 1 is 1.00 bits per heavy atom. The predicted molar refractivity (Wildman–Crippen MR) is 50.1 cm³/mol. The summed E-state index contributed by atoms with van der Waals surface area (Å²) in [4.78, 5) is 17.1. The Hall–Kier alpha value is -0.310. The van der Waals surface area contributed by atoms with E-state index in [1.54, 1.807) is 0 Å². The fourth-order valence-electron chi connectivity index (χ4n) is 1.24. The molecule has 1 fully saturated rings. The summed E-state index contributed by atoms with van der Waals surface area (Å²) < 4.78 is 15.1. The quantitative estimate of drug-likeness (QED) is 0.296. The van der Waals surface area contributed by atoms with Gasteiger partial charge in [-0.05, 0) is 6.08 Å². The molecule has 9 heteroatoms. The third kappa shape index (κ3) is 3.34. The highest BCUT2D eigenvalue weighted by atomic mass is 31.2. The van der Waals surface area contributed by atoms with Gasteiger partial charge in [-0.1, -0.05) is 0 Å². The second-order valence-electron chi connectivity index (χ2n) is 3.39. The summed E-state index contributed by atoms with van der Waals surface area (Å²) in [6, 6.07) is 0. The van der Waals surface area contributed by atoms with E-state index in [9.17, 15) is 14.8 Å². The highest BCUT2D eigenvalue weighted by Crippen LogP contribution is 2.36. The van der Waals surface area contributed by atoms with Crippen LogP contribution in [-0.2, 0) is 9.30 Å². The van der Waals surface area contributed by atoms with E-state index in [4.69, 9.17) is 20.0 Å². The Morgan fingerprint density at radius 2 is 1.56 bits per heavy atom. The molecule has 0 amide bonds. The molecule has 0 aromatic rings. The van der Waals surface area contributed by atoms with Crippen molar-refractivity contribution >= 4 is 7.60 Å². The van der Waals surface area contributed by atoms with Crippen molar-refractivity contribution in [3.8, 4) is 0 Å². The van der Waals surface area contributed by atoms with Crippen molar-refractivity contribution in [2.24, 2.45) is 0 Å². The molecule has 0 aliphatic carbocycles. The number of hydrogen-bond donors (Lipinski definition) is 6. The van der Waals surface area contributed by atoms with Crippen molar-refractivity contribution in [1.82, 2.24) is 0 Å². The van der Waals surface area contributed by atoms with Crippen molar-refractivity contribution < 1.29 is 39.5 Å². The number of hydrogen-bond acceptors (Lipinski definition) is 6. The smallest absolute Gasteiger partial charge is 0.348 e. The van der Waals surface area contributed by atoms with E-state index in [0.717, 1.165) is 6.08 Å². The fraction of sp³-hybridized carbons (Fsp3) is 0.714. The summed E-state index contributed by atoms with van der Waals surface area (Å²) in [6.07, 6.45) is -7.12. The number of rotatable bonds is 2. The molecule has 0 unspecified atom stereocenters. The zero-order valence-corrected chi connectivity index (χ0v) is 8.88. The molecular weight excluding hydrogens is 243 g/mol. The first-order chi connectivity index (χ1) is 7.22. The van der Waals surface area contributed by atoms with Crippen molar-refractivity contribution in [2.45, 2.75) is 30.7 Å². The third-order valence-electron chi connectivity index (χ3n) is 2.10. The van der Waals surface area contributed by atoms with E-state index in [-0.39, 0.29) is 0 Å². The molecule has 1 rings (SSSR count). The summed E-state index contributed by atoms with van der Waals surface area (Å²) in [5.74, 6) is 0.484. The first kappa shape index (κ1) is 13.8. The minimum Gasteiger partial charge on any atom is -0.387 e.